The average Bonchev–Trinajstić information content (AvgIpc) is 2.43. The summed E-state index contributed by atoms with van der Waals surface area (Å²) in [6, 6.07) is 4.95. The van der Waals surface area contributed by atoms with Crippen LogP contribution in [0, 0.1) is 5.92 Å². The van der Waals surface area contributed by atoms with Crippen molar-refractivity contribution >= 4 is 43.4 Å². The van der Waals surface area contributed by atoms with Crippen LogP contribution in [0.25, 0.3) is 0 Å². The van der Waals surface area contributed by atoms with Crippen LogP contribution < -0.4 is 10.5 Å². The van der Waals surface area contributed by atoms with Crippen molar-refractivity contribution < 1.29 is 8.42 Å². The van der Waals surface area contributed by atoms with E-state index in [1.165, 1.54) is 4.31 Å². The van der Waals surface area contributed by atoms with E-state index in [1.54, 1.807) is 18.2 Å². The van der Waals surface area contributed by atoms with Crippen LogP contribution in [0.1, 0.15) is 12.8 Å². The molecule has 2 rings (SSSR count). The van der Waals surface area contributed by atoms with E-state index in [0.29, 0.717) is 30.3 Å². The smallest absolute Gasteiger partial charge is 0.301 e. The predicted molar refractivity (Wildman–Crippen MR) is 85.0 cm³/mol. The van der Waals surface area contributed by atoms with Gasteiger partial charge in [0.2, 0.25) is 0 Å². The van der Waals surface area contributed by atoms with Crippen molar-refractivity contribution in [2.24, 2.45) is 11.7 Å². The summed E-state index contributed by atoms with van der Waals surface area (Å²) in [5.41, 5.74) is 6.09. The highest BCUT2D eigenvalue weighted by atomic mass is 79.9. The molecule has 1 fully saturated rings. The summed E-state index contributed by atoms with van der Waals surface area (Å²) < 4.78 is 29.4. The first-order valence-corrected chi connectivity index (χ1v) is 8.96. The summed E-state index contributed by atoms with van der Waals surface area (Å²) in [5.74, 6) is 0.230. The van der Waals surface area contributed by atoms with Crippen LogP contribution in [0.2, 0.25) is 5.02 Å². The first-order valence-electron chi connectivity index (χ1n) is 6.35. The number of nitrogens with two attached hydrogens (primary N) is 1. The highest BCUT2D eigenvalue weighted by molar-refractivity contribution is 9.10. The molecular weight excluding hydrogens is 366 g/mol. The standard InChI is InChI=1S/C12H17BrClN3O2S/c13-11-4-3-10(6-12(11)14)16-20(18,19)17-5-1-2-9(7-15)8-17/h3-4,6,9,16H,1-2,5,7-8,15H2. The maximum Gasteiger partial charge on any atom is 0.301 e. The van der Waals surface area contributed by atoms with Crippen LogP contribution in [0.3, 0.4) is 0 Å². The Morgan fingerprint density at radius 3 is 2.90 bits per heavy atom. The van der Waals surface area contributed by atoms with Gasteiger partial charge in [0, 0.05) is 17.6 Å². The molecule has 0 bridgehead atoms. The van der Waals surface area contributed by atoms with Gasteiger partial charge in [0.1, 0.15) is 0 Å². The molecule has 0 spiro atoms. The summed E-state index contributed by atoms with van der Waals surface area (Å²) in [5, 5.41) is 0.462. The zero-order valence-corrected chi connectivity index (χ0v) is 14.0. The lowest BCUT2D eigenvalue weighted by Gasteiger charge is -2.31. The van der Waals surface area contributed by atoms with Gasteiger partial charge in [-0.25, -0.2) is 0 Å². The molecule has 1 aliphatic heterocycles. The number of anilines is 1. The minimum Gasteiger partial charge on any atom is -0.330 e. The molecule has 20 heavy (non-hydrogen) atoms. The Morgan fingerprint density at radius 2 is 2.25 bits per heavy atom. The molecule has 1 aromatic carbocycles. The average molecular weight is 383 g/mol. The summed E-state index contributed by atoms with van der Waals surface area (Å²) in [6.07, 6.45) is 1.82. The lowest BCUT2D eigenvalue weighted by atomic mass is 10.0. The second-order valence-electron chi connectivity index (χ2n) is 4.84. The summed E-state index contributed by atoms with van der Waals surface area (Å²) >= 11 is 9.23. The minimum absolute atomic E-state index is 0.230. The number of piperidine rings is 1. The van der Waals surface area contributed by atoms with Crippen LogP contribution in [-0.4, -0.2) is 32.4 Å². The molecule has 1 saturated heterocycles. The zero-order chi connectivity index (χ0) is 14.8. The second-order valence-corrected chi connectivity index (χ2v) is 7.77. The van der Waals surface area contributed by atoms with Crippen LogP contribution in [0.15, 0.2) is 22.7 Å². The lowest BCUT2D eigenvalue weighted by molar-refractivity contribution is 0.273. The van der Waals surface area contributed by atoms with Crippen LogP contribution in [0.4, 0.5) is 5.69 Å². The molecule has 1 aliphatic rings. The van der Waals surface area contributed by atoms with Crippen molar-refractivity contribution in [1.29, 1.82) is 0 Å². The van der Waals surface area contributed by atoms with Gasteiger partial charge in [-0.2, -0.15) is 12.7 Å². The Morgan fingerprint density at radius 1 is 1.50 bits per heavy atom. The van der Waals surface area contributed by atoms with Crippen LogP contribution in [-0.2, 0) is 10.2 Å². The van der Waals surface area contributed by atoms with Crippen molar-refractivity contribution in [3.63, 3.8) is 0 Å². The van der Waals surface area contributed by atoms with Gasteiger partial charge in [-0.05, 0) is 59.4 Å². The topological polar surface area (TPSA) is 75.4 Å². The fraction of sp³-hybridized carbons (Fsp3) is 0.500. The van der Waals surface area contributed by atoms with Crippen molar-refractivity contribution in [2.75, 3.05) is 24.4 Å². The molecule has 3 N–H and O–H groups in total. The third-order valence-electron chi connectivity index (χ3n) is 3.32. The second kappa shape index (κ2) is 6.62. The van der Waals surface area contributed by atoms with E-state index >= 15 is 0 Å². The molecule has 0 saturated carbocycles. The van der Waals surface area contributed by atoms with Gasteiger partial charge in [-0.15, -0.1) is 0 Å². The normalized spacial score (nSPS) is 20.9. The third-order valence-corrected chi connectivity index (χ3v) is 6.06. The molecule has 1 aromatic rings. The van der Waals surface area contributed by atoms with E-state index in [9.17, 15) is 8.42 Å². The maximum absolute atomic E-state index is 12.3. The molecular formula is C12H17BrClN3O2S. The Labute approximate surface area is 132 Å². The molecule has 112 valence electrons. The SMILES string of the molecule is NCC1CCCN(S(=O)(=O)Nc2ccc(Br)c(Cl)c2)C1. The number of hydrogen-bond donors (Lipinski definition) is 2. The number of rotatable bonds is 4. The van der Waals surface area contributed by atoms with Crippen molar-refractivity contribution in [2.45, 2.75) is 12.8 Å². The quantitative estimate of drug-likeness (QED) is 0.840. The van der Waals surface area contributed by atoms with Gasteiger partial charge in [0.05, 0.1) is 10.7 Å². The maximum atomic E-state index is 12.3. The Kier molecular flexibility index (Phi) is 5.30. The number of hydrogen-bond acceptors (Lipinski definition) is 3. The van der Waals surface area contributed by atoms with Crippen LogP contribution in [0.5, 0.6) is 0 Å². The molecule has 1 heterocycles. The molecule has 0 aromatic heterocycles. The number of nitrogens with zero attached hydrogens (tertiary/aromatic N) is 1. The molecule has 8 heteroatoms. The van der Waals surface area contributed by atoms with Crippen molar-refractivity contribution in [3.8, 4) is 0 Å². The van der Waals surface area contributed by atoms with Crippen LogP contribution >= 0.6 is 27.5 Å². The minimum atomic E-state index is -3.56. The van der Waals surface area contributed by atoms with Gasteiger partial charge in [-0.1, -0.05) is 11.6 Å². The van der Waals surface area contributed by atoms with E-state index in [1.807, 2.05) is 0 Å². The third kappa shape index (κ3) is 3.85. The lowest BCUT2D eigenvalue weighted by Crippen LogP contribution is -2.44. The Bertz CT molecular complexity index is 582. The Balaban J connectivity index is 2.12. The van der Waals surface area contributed by atoms with E-state index in [4.69, 9.17) is 17.3 Å². The summed E-state index contributed by atoms with van der Waals surface area (Å²) in [7, 11) is -3.56. The summed E-state index contributed by atoms with van der Waals surface area (Å²) in [6.45, 7) is 1.50. The van der Waals surface area contributed by atoms with Gasteiger partial charge >= 0.3 is 10.2 Å². The number of benzene rings is 1. The fourth-order valence-corrected chi connectivity index (χ4v) is 3.97. The number of nitrogens with one attached hydrogen (secondary N) is 1. The molecule has 1 unspecified atom stereocenters. The number of halogens is 2. The molecule has 5 nitrogen and oxygen atoms in total. The van der Waals surface area contributed by atoms with Gasteiger partial charge < -0.3 is 5.73 Å². The van der Waals surface area contributed by atoms with Gasteiger partial charge in [0.15, 0.2) is 0 Å². The first-order chi connectivity index (χ1) is 9.42. The van der Waals surface area contributed by atoms with Crippen molar-refractivity contribution in [1.82, 2.24) is 4.31 Å². The van der Waals surface area contributed by atoms with E-state index in [2.05, 4.69) is 20.7 Å². The van der Waals surface area contributed by atoms with Gasteiger partial charge in [-0.3, -0.25) is 4.72 Å². The monoisotopic (exact) mass is 381 g/mol. The Hall–Kier alpha value is -0.340. The molecule has 0 aliphatic carbocycles. The highest BCUT2D eigenvalue weighted by Gasteiger charge is 2.28. The van der Waals surface area contributed by atoms with Crippen molar-refractivity contribution in [3.05, 3.63) is 27.7 Å². The van der Waals surface area contributed by atoms with Gasteiger partial charge in [0.25, 0.3) is 0 Å². The molecule has 1 atom stereocenters. The molecule has 0 radical (unpaired) electrons. The van der Waals surface area contributed by atoms with E-state index < -0.39 is 10.2 Å². The highest BCUT2D eigenvalue weighted by Crippen LogP contribution is 2.27. The first kappa shape index (κ1) is 16.0. The van der Waals surface area contributed by atoms with E-state index in [0.717, 1.165) is 17.3 Å². The largest absolute Gasteiger partial charge is 0.330 e. The molecule has 0 amide bonds. The zero-order valence-electron chi connectivity index (χ0n) is 10.9. The van der Waals surface area contributed by atoms with E-state index in [-0.39, 0.29) is 5.92 Å². The summed E-state index contributed by atoms with van der Waals surface area (Å²) in [4.78, 5) is 0. The predicted octanol–water partition coefficient (Wildman–Crippen LogP) is 2.43. The fourth-order valence-electron chi connectivity index (χ4n) is 2.21.